The Labute approximate surface area is 148 Å². The van der Waals surface area contributed by atoms with Gasteiger partial charge in [-0.25, -0.2) is 0 Å². The summed E-state index contributed by atoms with van der Waals surface area (Å²) in [6.45, 7) is 6.93. The van der Waals surface area contributed by atoms with Gasteiger partial charge in [-0.1, -0.05) is 19.8 Å². The maximum Gasteiger partial charge on any atom is 0.193 e. The molecule has 2 rings (SSSR count). The van der Waals surface area contributed by atoms with Crippen LogP contribution in [-0.4, -0.2) is 64.0 Å². The Morgan fingerprint density at radius 2 is 1.88 bits per heavy atom. The number of aliphatic imine (C=N–C) groups is 1. The van der Waals surface area contributed by atoms with E-state index in [0.717, 1.165) is 70.0 Å². The summed E-state index contributed by atoms with van der Waals surface area (Å²) < 4.78 is 11.3. The Kier molecular flexibility index (Phi) is 8.89. The van der Waals surface area contributed by atoms with Crippen molar-refractivity contribution < 1.29 is 9.47 Å². The molecule has 140 valence electrons. The first-order valence-corrected chi connectivity index (χ1v) is 9.80. The van der Waals surface area contributed by atoms with E-state index in [-0.39, 0.29) is 0 Å². The van der Waals surface area contributed by atoms with Crippen LogP contribution in [0.25, 0.3) is 0 Å². The summed E-state index contributed by atoms with van der Waals surface area (Å²) in [6, 6.07) is 0. The Balaban J connectivity index is 1.57. The summed E-state index contributed by atoms with van der Waals surface area (Å²) in [5, 5.41) is 3.48. The maximum atomic E-state index is 5.92. The number of hydrogen-bond acceptors (Lipinski definition) is 3. The van der Waals surface area contributed by atoms with E-state index in [9.17, 15) is 0 Å². The number of hydrogen-bond donors (Lipinski definition) is 1. The molecule has 5 nitrogen and oxygen atoms in total. The van der Waals surface area contributed by atoms with Gasteiger partial charge in [0.05, 0.1) is 6.10 Å². The van der Waals surface area contributed by atoms with Crippen molar-refractivity contribution in [1.82, 2.24) is 10.2 Å². The fraction of sp³-hybridized carbons (Fsp3) is 0.947. The molecule has 1 aliphatic carbocycles. The summed E-state index contributed by atoms with van der Waals surface area (Å²) in [7, 11) is 4.03. The average Bonchev–Trinajstić information content (AvgIpc) is 2.61. The first kappa shape index (κ1) is 19.5. The van der Waals surface area contributed by atoms with Gasteiger partial charge in [-0.2, -0.15) is 0 Å². The second-order valence-electron chi connectivity index (χ2n) is 7.52. The average molecular weight is 340 g/mol. The monoisotopic (exact) mass is 339 g/mol. The third kappa shape index (κ3) is 6.98. The largest absolute Gasteiger partial charge is 0.381 e. The molecule has 0 atom stereocenters. The first-order chi connectivity index (χ1) is 11.7. The Morgan fingerprint density at radius 3 is 2.54 bits per heavy atom. The lowest BCUT2D eigenvalue weighted by Gasteiger charge is -2.31. The number of nitrogens with zero attached hydrogens (tertiary/aromatic N) is 2. The smallest absolute Gasteiger partial charge is 0.193 e. The number of ether oxygens (including phenoxy) is 2. The Morgan fingerprint density at radius 1 is 1.17 bits per heavy atom. The fourth-order valence-electron chi connectivity index (χ4n) is 3.74. The van der Waals surface area contributed by atoms with Gasteiger partial charge in [0.25, 0.3) is 0 Å². The summed E-state index contributed by atoms with van der Waals surface area (Å²) in [5.41, 5.74) is 0. The van der Waals surface area contributed by atoms with Crippen molar-refractivity contribution in [2.45, 2.75) is 58.0 Å². The molecule has 1 heterocycles. The standard InChI is InChI=1S/C19H37N3O2/c1-16-5-7-17(8-6-16)15-22(3)19(20-2)21-11-4-12-24-18-9-13-23-14-10-18/h16-18H,4-15H2,1-3H3,(H,20,21). The third-order valence-electron chi connectivity index (χ3n) is 5.37. The third-order valence-corrected chi connectivity index (χ3v) is 5.37. The van der Waals surface area contributed by atoms with Crippen LogP contribution >= 0.6 is 0 Å². The lowest BCUT2D eigenvalue weighted by Crippen LogP contribution is -2.42. The van der Waals surface area contributed by atoms with Crippen molar-refractivity contribution in [2.75, 3.05) is 47.0 Å². The van der Waals surface area contributed by atoms with Crippen LogP contribution in [-0.2, 0) is 9.47 Å². The molecule has 1 saturated carbocycles. The second-order valence-corrected chi connectivity index (χ2v) is 7.52. The van der Waals surface area contributed by atoms with Gasteiger partial charge in [0.2, 0.25) is 0 Å². The van der Waals surface area contributed by atoms with Crippen LogP contribution in [0.3, 0.4) is 0 Å². The van der Waals surface area contributed by atoms with Gasteiger partial charge in [0.1, 0.15) is 0 Å². The molecule has 0 radical (unpaired) electrons. The quantitative estimate of drug-likeness (QED) is 0.440. The first-order valence-electron chi connectivity index (χ1n) is 9.80. The highest BCUT2D eigenvalue weighted by molar-refractivity contribution is 5.79. The molecule has 0 spiro atoms. The molecular weight excluding hydrogens is 302 g/mol. The van der Waals surface area contributed by atoms with E-state index in [0.29, 0.717) is 6.10 Å². The minimum atomic E-state index is 0.398. The van der Waals surface area contributed by atoms with E-state index < -0.39 is 0 Å². The molecule has 0 aromatic rings. The minimum absolute atomic E-state index is 0.398. The van der Waals surface area contributed by atoms with Crippen LogP contribution in [0.1, 0.15) is 51.9 Å². The summed E-state index contributed by atoms with van der Waals surface area (Å²) in [6.07, 6.45) is 8.99. The number of nitrogens with one attached hydrogen (secondary N) is 1. The van der Waals surface area contributed by atoms with Gasteiger partial charge in [-0.15, -0.1) is 0 Å². The van der Waals surface area contributed by atoms with Crippen LogP contribution < -0.4 is 5.32 Å². The predicted octanol–water partition coefficient (Wildman–Crippen LogP) is 2.91. The zero-order valence-corrected chi connectivity index (χ0v) is 15.9. The van der Waals surface area contributed by atoms with E-state index in [2.05, 4.69) is 29.2 Å². The molecule has 2 aliphatic rings. The highest BCUT2D eigenvalue weighted by atomic mass is 16.5. The predicted molar refractivity (Wildman–Crippen MR) is 99.5 cm³/mol. The maximum absolute atomic E-state index is 5.92. The van der Waals surface area contributed by atoms with Gasteiger partial charge < -0.3 is 19.7 Å². The second kappa shape index (κ2) is 10.9. The van der Waals surface area contributed by atoms with Crippen LogP contribution in [0.4, 0.5) is 0 Å². The summed E-state index contributed by atoms with van der Waals surface area (Å²) >= 11 is 0. The lowest BCUT2D eigenvalue weighted by molar-refractivity contribution is -0.0320. The SMILES string of the molecule is CN=C(NCCCOC1CCOCC1)N(C)CC1CCC(C)CC1. The Hall–Kier alpha value is -0.810. The minimum Gasteiger partial charge on any atom is -0.381 e. The molecule has 0 bridgehead atoms. The molecule has 1 saturated heterocycles. The highest BCUT2D eigenvalue weighted by Gasteiger charge is 2.20. The van der Waals surface area contributed by atoms with Crippen molar-refractivity contribution in [3.8, 4) is 0 Å². The van der Waals surface area contributed by atoms with Crippen LogP contribution in [0.2, 0.25) is 0 Å². The molecule has 0 aromatic carbocycles. The van der Waals surface area contributed by atoms with E-state index in [1.807, 2.05) is 7.05 Å². The molecule has 5 heteroatoms. The van der Waals surface area contributed by atoms with E-state index in [1.54, 1.807) is 0 Å². The zero-order valence-electron chi connectivity index (χ0n) is 15.9. The van der Waals surface area contributed by atoms with Crippen molar-refractivity contribution in [3.63, 3.8) is 0 Å². The van der Waals surface area contributed by atoms with E-state index in [1.165, 1.54) is 25.7 Å². The fourth-order valence-corrected chi connectivity index (χ4v) is 3.74. The molecule has 1 N–H and O–H groups in total. The van der Waals surface area contributed by atoms with Crippen molar-refractivity contribution in [1.29, 1.82) is 0 Å². The zero-order chi connectivity index (χ0) is 17.2. The molecule has 0 aromatic heterocycles. The van der Waals surface area contributed by atoms with Crippen molar-refractivity contribution in [2.24, 2.45) is 16.8 Å². The van der Waals surface area contributed by atoms with Gasteiger partial charge in [-0.3, -0.25) is 4.99 Å². The molecule has 2 fully saturated rings. The molecule has 0 amide bonds. The normalized spacial score (nSPS) is 26.4. The van der Waals surface area contributed by atoms with E-state index >= 15 is 0 Å². The van der Waals surface area contributed by atoms with Crippen LogP contribution in [0, 0.1) is 11.8 Å². The lowest BCUT2D eigenvalue weighted by atomic mass is 9.83. The summed E-state index contributed by atoms with van der Waals surface area (Å²) in [4.78, 5) is 6.72. The molecule has 0 unspecified atom stereocenters. The van der Waals surface area contributed by atoms with Gasteiger partial charge in [-0.05, 0) is 43.9 Å². The van der Waals surface area contributed by atoms with Gasteiger partial charge >= 0.3 is 0 Å². The van der Waals surface area contributed by atoms with Crippen molar-refractivity contribution >= 4 is 5.96 Å². The Bertz CT molecular complexity index is 362. The van der Waals surface area contributed by atoms with Crippen LogP contribution in [0.5, 0.6) is 0 Å². The molecule has 1 aliphatic heterocycles. The van der Waals surface area contributed by atoms with Crippen LogP contribution in [0.15, 0.2) is 4.99 Å². The highest BCUT2D eigenvalue weighted by Crippen LogP contribution is 2.28. The van der Waals surface area contributed by atoms with Gasteiger partial charge in [0, 0.05) is 47.0 Å². The van der Waals surface area contributed by atoms with Crippen molar-refractivity contribution in [3.05, 3.63) is 0 Å². The number of guanidine groups is 1. The summed E-state index contributed by atoms with van der Waals surface area (Å²) in [5.74, 6) is 2.75. The number of rotatable bonds is 7. The topological polar surface area (TPSA) is 46.1 Å². The molecular formula is C19H37N3O2. The molecule has 24 heavy (non-hydrogen) atoms. The van der Waals surface area contributed by atoms with Gasteiger partial charge in [0.15, 0.2) is 5.96 Å². The van der Waals surface area contributed by atoms with E-state index in [4.69, 9.17) is 9.47 Å².